The smallest absolute Gasteiger partial charge is 0.0394 e. The van der Waals surface area contributed by atoms with E-state index in [2.05, 4.69) is 0 Å². The van der Waals surface area contributed by atoms with Crippen molar-refractivity contribution in [2.45, 2.75) is 25.3 Å². The first-order valence-electron chi connectivity index (χ1n) is 4.85. The normalized spacial score (nSPS) is 45.3. The third-order valence-corrected chi connectivity index (χ3v) is 1.73. The molecule has 2 N–H and O–H groups in total. The van der Waals surface area contributed by atoms with Crippen molar-refractivity contribution in [1.82, 2.24) is 4.90 Å². The molecular formula is C7H16N2. The first-order valence-corrected chi connectivity index (χ1v) is 3.35. The average molecular weight is 131 g/mol. The van der Waals surface area contributed by atoms with E-state index in [1.807, 2.05) is 6.92 Å². The topological polar surface area (TPSA) is 29.3 Å². The lowest BCUT2D eigenvalue weighted by molar-refractivity contribution is 0.192. The van der Waals surface area contributed by atoms with Crippen LogP contribution in [0.4, 0.5) is 0 Å². The molecular weight excluding hydrogens is 112 g/mol. The van der Waals surface area contributed by atoms with Gasteiger partial charge in [0.25, 0.3) is 0 Å². The Kier molecular flexibility index (Phi) is 0.994. The molecule has 1 saturated heterocycles. The summed E-state index contributed by atoms with van der Waals surface area (Å²) in [7, 11) is 0. The minimum absolute atomic E-state index is 0.327. The maximum atomic E-state index is 7.21. The van der Waals surface area contributed by atoms with Gasteiger partial charge in [0.05, 0.1) is 0 Å². The Morgan fingerprint density at radius 1 is 1.78 bits per heavy atom. The molecule has 1 atom stereocenters. The molecule has 9 heavy (non-hydrogen) atoms. The fourth-order valence-electron chi connectivity index (χ4n) is 1.27. The molecule has 1 fully saturated rings. The second kappa shape index (κ2) is 2.27. The van der Waals surface area contributed by atoms with Crippen LogP contribution in [0, 0.1) is 0 Å². The number of likely N-dealkylation sites (tertiary alicyclic amines) is 1. The van der Waals surface area contributed by atoms with Crippen LogP contribution in [-0.4, -0.2) is 30.5 Å². The second-order valence-electron chi connectivity index (χ2n) is 3.18. The lowest BCUT2D eigenvalue weighted by atomic mass is 9.93. The molecule has 1 heterocycles. The molecule has 2 nitrogen and oxygen atoms in total. The van der Waals surface area contributed by atoms with Crippen LogP contribution < -0.4 is 5.73 Å². The van der Waals surface area contributed by atoms with Crippen molar-refractivity contribution < 1.29 is 4.11 Å². The van der Waals surface area contributed by atoms with Crippen LogP contribution in [-0.2, 0) is 0 Å². The van der Waals surface area contributed by atoms with Crippen molar-refractivity contribution in [2.24, 2.45) is 5.73 Å². The van der Waals surface area contributed by atoms with Crippen molar-refractivity contribution in [3.05, 3.63) is 0 Å². The summed E-state index contributed by atoms with van der Waals surface area (Å²) in [4.78, 5) is 1.48. The average Bonchev–Trinajstić information content (AvgIpc) is 1.83. The summed E-state index contributed by atoms with van der Waals surface area (Å²) >= 11 is 0. The molecule has 2 heteroatoms. The van der Waals surface area contributed by atoms with Gasteiger partial charge in [0.15, 0.2) is 0 Å². The standard InChI is InChI=1S/C7H16N2/c1-7(8)4-3-5-9(2)6-7/h3-6,8H2,1-2H3/t7-/m0/s1/i2D3. The quantitative estimate of drug-likeness (QED) is 0.516. The molecule has 0 aromatic rings. The van der Waals surface area contributed by atoms with E-state index in [-0.39, 0.29) is 5.54 Å². The Bertz CT molecular complexity index is 161. The number of rotatable bonds is 0. The van der Waals surface area contributed by atoms with Gasteiger partial charge in [0, 0.05) is 16.2 Å². The van der Waals surface area contributed by atoms with Crippen molar-refractivity contribution in [3.63, 3.8) is 0 Å². The predicted octanol–water partition coefficient (Wildman–Crippen LogP) is 0.429. The molecule has 1 aliphatic heterocycles. The van der Waals surface area contributed by atoms with E-state index in [0.29, 0.717) is 13.1 Å². The summed E-state index contributed by atoms with van der Waals surface area (Å²) < 4.78 is 21.6. The van der Waals surface area contributed by atoms with Gasteiger partial charge in [-0.3, -0.25) is 0 Å². The molecule has 0 unspecified atom stereocenters. The van der Waals surface area contributed by atoms with Gasteiger partial charge in [-0.2, -0.15) is 0 Å². The molecule has 0 radical (unpaired) electrons. The number of nitrogens with zero attached hydrogens (tertiary/aromatic N) is 1. The highest BCUT2D eigenvalue weighted by Crippen LogP contribution is 2.15. The molecule has 0 aromatic heterocycles. The van der Waals surface area contributed by atoms with Gasteiger partial charge in [-0.1, -0.05) is 0 Å². The molecule has 0 amide bonds. The summed E-state index contributed by atoms with van der Waals surface area (Å²) in [6.45, 7) is 1.05. The fraction of sp³-hybridized carbons (Fsp3) is 1.00. The van der Waals surface area contributed by atoms with Crippen LogP contribution in [0.2, 0.25) is 0 Å². The van der Waals surface area contributed by atoms with Crippen LogP contribution in [0.5, 0.6) is 0 Å². The van der Waals surface area contributed by atoms with E-state index < -0.39 is 6.98 Å². The van der Waals surface area contributed by atoms with Crippen LogP contribution in [0.25, 0.3) is 0 Å². The maximum absolute atomic E-state index is 7.21. The van der Waals surface area contributed by atoms with Crippen LogP contribution in [0.1, 0.15) is 23.9 Å². The van der Waals surface area contributed by atoms with Gasteiger partial charge < -0.3 is 10.6 Å². The van der Waals surface area contributed by atoms with Gasteiger partial charge in [-0.25, -0.2) is 0 Å². The summed E-state index contributed by atoms with van der Waals surface area (Å²) in [5.74, 6) is 0. The largest absolute Gasteiger partial charge is 0.324 e. The van der Waals surface area contributed by atoms with Crippen LogP contribution >= 0.6 is 0 Å². The van der Waals surface area contributed by atoms with Gasteiger partial charge in [-0.15, -0.1) is 0 Å². The first-order chi connectivity index (χ1) is 5.31. The van der Waals surface area contributed by atoms with Crippen molar-refractivity contribution in [1.29, 1.82) is 0 Å². The van der Waals surface area contributed by atoms with Gasteiger partial charge in [0.2, 0.25) is 0 Å². The molecule has 1 aliphatic rings. The zero-order valence-electron chi connectivity index (χ0n) is 8.85. The summed E-state index contributed by atoms with van der Waals surface area (Å²) in [6, 6.07) is 0. The fourth-order valence-corrected chi connectivity index (χ4v) is 1.27. The van der Waals surface area contributed by atoms with Crippen molar-refractivity contribution in [3.8, 4) is 0 Å². The molecule has 0 aliphatic carbocycles. The third kappa shape index (κ3) is 1.95. The third-order valence-electron chi connectivity index (χ3n) is 1.73. The van der Waals surface area contributed by atoms with E-state index >= 15 is 0 Å². The zero-order chi connectivity index (χ0) is 9.41. The van der Waals surface area contributed by atoms with E-state index in [1.54, 1.807) is 0 Å². The highest BCUT2D eigenvalue weighted by atomic mass is 15.1. The lowest BCUT2D eigenvalue weighted by Crippen LogP contribution is -2.50. The Hall–Kier alpha value is -0.0800. The number of piperidine rings is 1. The minimum Gasteiger partial charge on any atom is -0.324 e. The zero-order valence-corrected chi connectivity index (χ0v) is 5.85. The Morgan fingerprint density at radius 3 is 3.00 bits per heavy atom. The lowest BCUT2D eigenvalue weighted by Gasteiger charge is -2.35. The monoisotopic (exact) mass is 131 g/mol. The van der Waals surface area contributed by atoms with Crippen molar-refractivity contribution >= 4 is 0 Å². The van der Waals surface area contributed by atoms with E-state index in [1.165, 1.54) is 4.90 Å². The molecule has 0 bridgehead atoms. The Labute approximate surface area is 61.2 Å². The van der Waals surface area contributed by atoms with Crippen LogP contribution in [0.3, 0.4) is 0 Å². The molecule has 0 spiro atoms. The number of likely N-dealkylation sites (N-methyl/N-ethyl adjacent to an activating group) is 1. The maximum Gasteiger partial charge on any atom is 0.0394 e. The van der Waals surface area contributed by atoms with E-state index in [0.717, 1.165) is 12.8 Å². The van der Waals surface area contributed by atoms with Gasteiger partial charge in [0.1, 0.15) is 0 Å². The first kappa shape index (κ1) is 3.94. The van der Waals surface area contributed by atoms with Gasteiger partial charge >= 0.3 is 0 Å². The van der Waals surface area contributed by atoms with Crippen molar-refractivity contribution in [2.75, 3.05) is 20.1 Å². The molecule has 54 valence electrons. The Balaban J connectivity index is 2.58. The van der Waals surface area contributed by atoms with Gasteiger partial charge in [-0.05, 0) is 33.3 Å². The highest BCUT2D eigenvalue weighted by molar-refractivity contribution is 4.85. The highest BCUT2D eigenvalue weighted by Gasteiger charge is 2.23. The number of hydrogen-bond acceptors (Lipinski definition) is 2. The minimum atomic E-state index is -1.97. The summed E-state index contributed by atoms with van der Waals surface area (Å²) in [6.07, 6.45) is 1.80. The number of nitrogens with two attached hydrogens (primary N) is 1. The Morgan fingerprint density at radius 2 is 2.56 bits per heavy atom. The summed E-state index contributed by atoms with van der Waals surface area (Å²) in [5, 5.41) is 0. The van der Waals surface area contributed by atoms with Crippen LogP contribution in [0.15, 0.2) is 0 Å². The summed E-state index contributed by atoms with van der Waals surface area (Å²) in [5.41, 5.74) is 5.55. The molecule has 0 saturated carbocycles. The SMILES string of the molecule is [2H]C([2H])([2H])N1CCC[C@](C)(N)C1. The molecule has 0 aromatic carbocycles. The molecule has 1 rings (SSSR count). The van der Waals surface area contributed by atoms with E-state index in [9.17, 15) is 0 Å². The van der Waals surface area contributed by atoms with E-state index in [4.69, 9.17) is 9.85 Å². The predicted molar refractivity (Wildman–Crippen MR) is 39.3 cm³/mol. The second-order valence-corrected chi connectivity index (χ2v) is 3.18. The number of hydrogen-bond donors (Lipinski definition) is 1.